The Hall–Kier alpha value is -1.74. The molecule has 2 aromatic rings. The minimum absolute atomic E-state index is 0.0264. The van der Waals surface area contributed by atoms with Crippen molar-refractivity contribution in [3.05, 3.63) is 70.8 Å². The smallest absolute Gasteiger partial charge is 0.126 e. The first-order valence-corrected chi connectivity index (χ1v) is 7.07. The summed E-state index contributed by atoms with van der Waals surface area (Å²) in [5.41, 5.74) is 9.01. The highest BCUT2D eigenvalue weighted by atomic mass is 19.1. The molecule has 0 heterocycles. The molecule has 0 aliphatic carbocycles. The number of nitrogens with two attached hydrogens (primary N) is 1. The monoisotopic (exact) mass is 289 g/mol. The third kappa shape index (κ3) is 3.88. The summed E-state index contributed by atoms with van der Waals surface area (Å²) >= 11 is 0. The molecule has 0 fully saturated rings. The van der Waals surface area contributed by atoms with E-state index in [0.29, 0.717) is 12.0 Å². The fourth-order valence-corrected chi connectivity index (χ4v) is 2.60. The Morgan fingerprint density at radius 2 is 1.57 bits per heavy atom. The third-order valence-electron chi connectivity index (χ3n) is 3.55. The Labute approximate surface area is 124 Å². The zero-order valence-corrected chi connectivity index (χ0v) is 12.7. The number of hydrogen-bond acceptors (Lipinski definition) is 1. The molecule has 21 heavy (non-hydrogen) atoms. The second-order valence-corrected chi connectivity index (χ2v) is 6.43. The van der Waals surface area contributed by atoms with Crippen LogP contribution in [0.4, 0.5) is 8.78 Å². The van der Waals surface area contributed by atoms with Crippen molar-refractivity contribution < 1.29 is 8.78 Å². The molecule has 0 aliphatic rings. The quantitative estimate of drug-likeness (QED) is 0.884. The predicted molar refractivity (Wildman–Crippen MR) is 82.1 cm³/mol. The number of rotatable bonds is 3. The highest BCUT2D eigenvalue weighted by Crippen LogP contribution is 2.30. The SMILES string of the molecule is CC(C)(C)c1ccccc1C(N)Cc1cc(F)cc(F)c1. The lowest BCUT2D eigenvalue weighted by Gasteiger charge is -2.26. The highest BCUT2D eigenvalue weighted by Gasteiger charge is 2.21. The maximum absolute atomic E-state index is 13.3. The average molecular weight is 289 g/mol. The number of benzene rings is 2. The van der Waals surface area contributed by atoms with Gasteiger partial charge in [-0.1, -0.05) is 45.0 Å². The summed E-state index contributed by atoms with van der Waals surface area (Å²) in [4.78, 5) is 0. The van der Waals surface area contributed by atoms with E-state index < -0.39 is 11.6 Å². The van der Waals surface area contributed by atoms with Gasteiger partial charge in [0, 0.05) is 12.1 Å². The summed E-state index contributed by atoms with van der Waals surface area (Å²) in [6, 6.07) is 11.2. The summed E-state index contributed by atoms with van der Waals surface area (Å²) in [7, 11) is 0. The molecular weight excluding hydrogens is 268 g/mol. The molecule has 0 amide bonds. The van der Waals surface area contributed by atoms with Gasteiger partial charge < -0.3 is 5.73 Å². The molecule has 1 unspecified atom stereocenters. The second-order valence-electron chi connectivity index (χ2n) is 6.43. The topological polar surface area (TPSA) is 26.0 Å². The van der Waals surface area contributed by atoms with Crippen molar-refractivity contribution in [1.29, 1.82) is 0 Å². The molecule has 3 heteroatoms. The van der Waals surface area contributed by atoms with Crippen LogP contribution in [-0.2, 0) is 11.8 Å². The van der Waals surface area contributed by atoms with Gasteiger partial charge >= 0.3 is 0 Å². The Morgan fingerprint density at radius 3 is 2.14 bits per heavy atom. The molecule has 112 valence electrons. The van der Waals surface area contributed by atoms with Crippen molar-refractivity contribution in [3.63, 3.8) is 0 Å². The van der Waals surface area contributed by atoms with E-state index in [1.807, 2.05) is 18.2 Å². The van der Waals surface area contributed by atoms with Crippen LogP contribution in [-0.4, -0.2) is 0 Å². The van der Waals surface area contributed by atoms with E-state index >= 15 is 0 Å². The van der Waals surface area contributed by atoms with Crippen LogP contribution in [0.25, 0.3) is 0 Å². The van der Waals surface area contributed by atoms with Crippen LogP contribution in [0.3, 0.4) is 0 Å². The fourth-order valence-electron chi connectivity index (χ4n) is 2.60. The summed E-state index contributed by atoms with van der Waals surface area (Å²) in [6.45, 7) is 6.38. The van der Waals surface area contributed by atoms with Crippen LogP contribution < -0.4 is 5.73 Å². The molecule has 1 atom stereocenters. The molecule has 0 radical (unpaired) electrons. The van der Waals surface area contributed by atoms with Gasteiger partial charge in [0.1, 0.15) is 11.6 Å². The Balaban J connectivity index is 2.31. The lowest BCUT2D eigenvalue weighted by Crippen LogP contribution is -2.21. The first-order chi connectivity index (χ1) is 9.77. The summed E-state index contributed by atoms with van der Waals surface area (Å²) < 4.78 is 26.5. The molecular formula is C18H21F2N. The summed E-state index contributed by atoms with van der Waals surface area (Å²) in [6.07, 6.45) is 0.405. The predicted octanol–water partition coefficient (Wildman–Crippen LogP) is 4.50. The standard InChI is InChI=1S/C18H21F2N/c1-18(2,3)16-7-5-4-6-15(16)17(21)10-12-8-13(19)11-14(20)9-12/h4-9,11,17H,10,21H2,1-3H3. The van der Waals surface area contributed by atoms with Crippen molar-refractivity contribution >= 4 is 0 Å². The van der Waals surface area contributed by atoms with Crippen molar-refractivity contribution in [2.24, 2.45) is 5.73 Å². The van der Waals surface area contributed by atoms with Crippen molar-refractivity contribution in [2.75, 3.05) is 0 Å². The Morgan fingerprint density at radius 1 is 1.00 bits per heavy atom. The van der Waals surface area contributed by atoms with Crippen LogP contribution >= 0.6 is 0 Å². The molecule has 0 aromatic heterocycles. The van der Waals surface area contributed by atoms with Gasteiger partial charge in [-0.15, -0.1) is 0 Å². The van der Waals surface area contributed by atoms with Crippen molar-refractivity contribution in [2.45, 2.75) is 38.6 Å². The Bertz CT molecular complexity index is 609. The van der Waals surface area contributed by atoms with Gasteiger partial charge in [-0.2, -0.15) is 0 Å². The third-order valence-corrected chi connectivity index (χ3v) is 3.55. The summed E-state index contributed by atoms with van der Waals surface area (Å²) in [5.74, 6) is -1.14. The first kappa shape index (κ1) is 15.6. The zero-order valence-electron chi connectivity index (χ0n) is 12.7. The van der Waals surface area contributed by atoms with Gasteiger partial charge in [0.2, 0.25) is 0 Å². The minimum Gasteiger partial charge on any atom is -0.324 e. The van der Waals surface area contributed by atoms with Gasteiger partial charge in [0.25, 0.3) is 0 Å². The Kier molecular flexibility index (Phi) is 4.43. The maximum Gasteiger partial charge on any atom is 0.126 e. The molecule has 2 aromatic carbocycles. The van der Waals surface area contributed by atoms with E-state index in [1.54, 1.807) is 0 Å². The molecule has 0 aliphatic heterocycles. The van der Waals surface area contributed by atoms with Gasteiger partial charge in [-0.25, -0.2) is 8.78 Å². The lowest BCUT2D eigenvalue weighted by atomic mass is 9.81. The van der Waals surface area contributed by atoms with E-state index in [0.717, 1.165) is 17.2 Å². The van der Waals surface area contributed by atoms with Crippen LogP contribution in [0.2, 0.25) is 0 Å². The lowest BCUT2D eigenvalue weighted by molar-refractivity contribution is 0.562. The second kappa shape index (κ2) is 5.94. The first-order valence-electron chi connectivity index (χ1n) is 7.07. The van der Waals surface area contributed by atoms with E-state index in [-0.39, 0.29) is 11.5 Å². The molecule has 2 rings (SSSR count). The normalized spacial score (nSPS) is 13.2. The summed E-state index contributed by atoms with van der Waals surface area (Å²) in [5, 5.41) is 0. The number of hydrogen-bond donors (Lipinski definition) is 1. The molecule has 0 saturated carbocycles. The van der Waals surface area contributed by atoms with Crippen LogP contribution in [0.1, 0.15) is 43.5 Å². The molecule has 0 spiro atoms. The molecule has 0 saturated heterocycles. The average Bonchev–Trinajstić information content (AvgIpc) is 2.36. The van der Waals surface area contributed by atoms with Gasteiger partial charge in [-0.3, -0.25) is 0 Å². The molecule has 0 bridgehead atoms. The van der Waals surface area contributed by atoms with Crippen LogP contribution in [0.5, 0.6) is 0 Å². The van der Waals surface area contributed by atoms with Crippen molar-refractivity contribution in [1.82, 2.24) is 0 Å². The highest BCUT2D eigenvalue weighted by molar-refractivity contribution is 5.36. The van der Waals surface area contributed by atoms with E-state index in [4.69, 9.17) is 5.73 Å². The van der Waals surface area contributed by atoms with E-state index in [1.165, 1.54) is 12.1 Å². The van der Waals surface area contributed by atoms with E-state index in [2.05, 4.69) is 26.8 Å². The fraction of sp³-hybridized carbons (Fsp3) is 0.333. The van der Waals surface area contributed by atoms with Gasteiger partial charge in [0.05, 0.1) is 0 Å². The van der Waals surface area contributed by atoms with E-state index in [9.17, 15) is 8.78 Å². The maximum atomic E-state index is 13.3. The number of halogens is 2. The van der Waals surface area contributed by atoms with Gasteiger partial charge in [0.15, 0.2) is 0 Å². The van der Waals surface area contributed by atoms with Crippen LogP contribution in [0.15, 0.2) is 42.5 Å². The minimum atomic E-state index is -0.568. The zero-order chi connectivity index (χ0) is 15.6. The largest absolute Gasteiger partial charge is 0.324 e. The van der Waals surface area contributed by atoms with Crippen molar-refractivity contribution in [3.8, 4) is 0 Å². The van der Waals surface area contributed by atoms with Crippen LogP contribution in [0, 0.1) is 11.6 Å². The molecule has 2 N–H and O–H groups in total. The van der Waals surface area contributed by atoms with Gasteiger partial charge in [-0.05, 0) is 40.7 Å². The molecule has 1 nitrogen and oxygen atoms in total.